The van der Waals surface area contributed by atoms with E-state index in [-0.39, 0.29) is 28.2 Å². The summed E-state index contributed by atoms with van der Waals surface area (Å²) in [5.74, 6) is -0.544. The van der Waals surface area contributed by atoms with Crippen LogP contribution in [0.2, 0.25) is 0 Å². The van der Waals surface area contributed by atoms with Crippen molar-refractivity contribution in [3.63, 3.8) is 0 Å². The number of ether oxygens (including phenoxy) is 1. The summed E-state index contributed by atoms with van der Waals surface area (Å²) in [5.41, 5.74) is -0.519. The number of carbonyl (C=O) groups is 1. The van der Waals surface area contributed by atoms with Crippen LogP contribution in [0.4, 0.5) is 23.2 Å². The first-order valence-electron chi connectivity index (χ1n) is 10.9. The fourth-order valence-electron chi connectivity index (χ4n) is 3.64. The first-order chi connectivity index (χ1) is 16.9. The Bertz CT molecular complexity index is 1230. The van der Waals surface area contributed by atoms with Gasteiger partial charge in [0.1, 0.15) is 29.9 Å². The lowest BCUT2D eigenvalue weighted by Gasteiger charge is -2.23. The predicted molar refractivity (Wildman–Crippen MR) is 125 cm³/mol. The number of pyridine rings is 1. The largest absolute Gasteiger partial charge is 0.464 e. The number of nitrogens with zero attached hydrogens (tertiary/aromatic N) is 2. The SMILES string of the molecule is CN1CCOCC(C)(O)C1.N=C(c1cnc(C=O)cc1NCC(F)(F)F)c1coc2ccc(F)cc12. The molecular weight excluding hydrogens is 484 g/mol. The molecule has 36 heavy (non-hydrogen) atoms. The molecule has 1 aliphatic rings. The number of likely N-dealkylation sites (N-methyl/N-ethyl adjacent to an activating group) is 1. The summed E-state index contributed by atoms with van der Waals surface area (Å²) >= 11 is 0. The Labute approximate surface area is 204 Å². The number of aromatic nitrogens is 1. The average Bonchev–Trinajstić information content (AvgIpc) is 3.15. The topological polar surface area (TPSA) is 112 Å². The van der Waals surface area contributed by atoms with Gasteiger partial charge in [-0.25, -0.2) is 4.39 Å². The van der Waals surface area contributed by atoms with Gasteiger partial charge in [-0.15, -0.1) is 0 Å². The van der Waals surface area contributed by atoms with Crippen LogP contribution in [0.5, 0.6) is 0 Å². The first-order valence-corrected chi connectivity index (χ1v) is 10.9. The molecule has 0 amide bonds. The molecule has 0 saturated carbocycles. The van der Waals surface area contributed by atoms with Gasteiger partial charge in [-0.1, -0.05) is 0 Å². The quantitative estimate of drug-likeness (QED) is 0.271. The van der Waals surface area contributed by atoms with Gasteiger partial charge in [0.25, 0.3) is 0 Å². The number of aldehydes is 1. The van der Waals surface area contributed by atoms with Gasteiger partial charge < -0.3 is 24.5 Å². The Morgan fingerprint density at radius 3 is 2.78 bits per heavy atom. The number of carbonyl (C=O) groups excluding carboxylic acids is 1. The summed E-state index contributed by atoms with van der Waals surface area (Å²) in [7, 11) is 1.99. The van der Waals surface area contributed by atoms with E-state index >= 15 is 0 Å². The Hall–Kier alpha value is -3.35. The summed E-state index contributed by atoms with van der Waals surface area (Å²) < 4.78 is 61.5. The van der Waals surface area contributed by atoms with Gasteiger partial charge in [0, 0.05) is 41.5 Å². The molecule has 1 aliphatic heterocycles. The number of β-amino-alcohol motifs (C(OH)–C–C–N with tert-alkyl or cyclic N) is 1. The molecule has 1 fully saturated rings. The molecule has 3 heterocycles. The van der Waals surface area contributed by atoms with Gasteiger partial charge in [-0.05, 0) is 38.2 Å². The van der Waals surface area contributed by atoms with Crippen LogP contribution in [-0.4, -0.2) is 78.7 Å². The van der Waals surface area contributed by atoms with Crippen LogP contribution in [0.1, 0.15) is 28.5 Å². The van der Waals surface area contributed by atoms with Gasteiger partial charge in [0.15, 0.2) is 6.29 Å². The number of nitrogens with one attached hydrogen (secondary N) is 2. The van der Waals surface area contributed by atoms with Crippen molar-refractivity contribution in [2.45, 2.75) is 18.7 Å². The second-order valence-corrected chi connectivity index (χ2v) is 8.69. The highest BCUT2D eigenvalue weighted by Gasteiger charge is 2.28. The summed E-state index contributed by atoms with van der Waals surface area (Å²) in [4.78, 5) is 16.7. The number of anilines is 1. The molecular formula is C24H26F4N4O4. The van der Waals surface area contributed by atoms with E-state index in [4.69, 9.17) is 14.6 Å². The average molecular weight is 510 g/mol. The molecule has 0 bridgehead atoms. The van der Waals surface area contributed by atoms with Gasteiger partial charge in [-0.2, -0.15) is 13.2 Å². The lowest BCUT2D eigenvalue weighted by Crippen LogP contribution is -2.39. The van der Waals surface area contributed by atoms with Crippen molar-refractivity contribution in [1.29, 1.82) is 5.41 Å². The number of halogens is 4. The Morgan fingerprint density at radius 1 is 1.33 bits per heavy atom. The maximum absolute atomic E-state index is 13.5. The van der Waals surface area contributed by atoms with E-state index in [1.54, 1.807) is 6.92 Å². The van der Waals surface area contributed by atoms with Crippen LogP contribution < -0.4 is 5.32 Å². The maximum atomic E-state index is 13.5. The lowest BCUT2D eigenvalue weighted by molar-refractivity contribution is -0.115. The first kappa shape index (κ1) is 27.2. The fourth-order valence-corrected chi connectivity index (χ4v) is 3.64. The highest BCUT2D eigenvalue weighted by molar-refractivity contribution is 6.19. The molecule has 3 aromatic rings. The molecule has 3 N–H and O–H groups in total. The number of benzene rings is 1. The smallest absolute Gasteiger partial charge is 0.405 e. The number of hydrogen-bond acceptors (Lipinski definition) is 8. The van der Waals surface area contributed by atoms with Crippen LogP contribution in [0.15, 0.2) is 41.1 Å². The summed E-state index contributed by atoms with van der Waals surface area (Å²) in [6.07, 6.45) is -1.78. The number of hydrogen-bond donors (Lipinski definition) is 3. The van der Waals surface area contributed by atoms with Crippen molar-refractivity contribution in [3.8, 4) is 0 Å². The third-order valence-electron chi connectivity index (χ3n) is 5.24. The van der Waals surface area contributed by atoms with Crippen molar-refractivity contribution in [2.24, 2.45) is 0 Å². The van der Waals surface area contributed by atoms with E-state index in [2.05, 4.69) is 15.2 Å². The van der Waals surface area contributed by atoms with Crippen LogP contribution in [0, 0.1) is 11.2 Å². The number of rotatable bonds is 5. The van der Waals surface area contributed by atoms with Crippen molar-refractivity contribution >= 4 is 28.7 Å². The van der Waals surface area contributed by atoms with Crippen LogP contribution in [0.25, 0.3) is 11.0 Å². The summed E-state index contributed by atoms with van der Waals surface area (Å²) in [6, 6.07) is 4.86. The molecule has 0 spiro atoms. The van der Waals surface area contributed by atoms with Gasteiger partial charge in [0.2, 0.25) is 0 Å². The third-order valence-corrected chi connectivity index (χ3v) is 5.24. The van der Waals surface area contributed by atoms with Crippen molar-refractivity contribution in [2.75, 3.05) is 45.2 Å². The van der Waals surface area contributed by atoms with Crippen molar-refractivity contribution < 1.29 is 36.6 Å². The molecule has 0 aliphatic carbocycles. The zero-order valence-electron chi connectivity index (χ0n) is 19.7. The molecule has 4 rings (SSSR count). The van der Waals surface area contributed by atoms with Crippen LogP contribution in [-0.2, 0) is 4.74 Å². The van der Waals surface area contributed by atoms with E-state index in [1.807, 2.05) is 7.05 Å². The van der Waals surface area contributed by atoms with E-state index in [0.717, 1.165) is 25.4 Å². The van der Waals surface area contributed by atoms with Gasteiger partial charge >= 0.3 is 6.18 Å². The molecule has 0 radical (unpaired) electrons. The second kappa shape index (κ2) is 11.1. The standard InChI is InChI=1S/C17H11F4N3O2.C7H15NO2/c18-9-1-2-15-11(3-9)13(7-26-15)16(22)12-5-23-10(6-25)4-14(12)24-8-17(19,20)21;1-7(9)5-8(2)3-4-10-6-7/h1-7,22H,8H2,(H,23,24);9H,3-6H2,1-2H3. The zero-order chi connectivity index (χ0) is 26.5. The minimum Gasteiger partial charge on any atom is -0.464 e. The highest BCUT2D eigenvalue weighted by Crippen LogP contribution is 2.28. The molecule has 1 unspecified atom stereocenters. The Balaban J connectivity index is 0.000000303. The van der Waals surface area contributed by atoms with Crippen LogP contribution >= 0.6 is 0 Å². The summed E-state index contributed by atoms with van der Waals surface area (Å²) in [5, 5.41) is 20.3. The van der Waals surface area contributed by atoms with E-state index in [9.17, 15) is 27.5 Å². The van der Waals surface area contributed by atoms with E-state index in [1.165, 1.54) is 24.5 Å². The molecule has 1 atom stereocenters. The molecule has 1 saturated heterocycles. The van der Waals surface area contributed by atoms with E-state index in [0.29, 0.717) is 30.4 Å². The normalized spacial score (nSPS) is 18.8. The van der Waals surface area contributed by atoms with E-state index < -0.39 is 24.1 Å². The maximum Gasteiger partial charge on any atom is 0.405 e. The zero-order valence-corrected chi connectivity index (χ0v) is 19.7. The minimum atomic E-state index is -4.49. The Kier molecular flexibility index (Phi) is 8.43. The molecule has 12 heteroatoms. The minimum absolute atomic E-state index is 0.0202. The molecule has 194 valence electrons. The summed E-state index contributed by atoms with van der Waals surface area (Å²) in [6.45, 7) is 3.25. The third kappa shape index (κ3) is 7.33. The second-order valence-electron chi connectivity index (χ2n) is 8.69. The van der Waals surface area contributed by atoms with Crippen LogP contribution in [0.3, 0.4) is 0 Å². The van der Waals surface area contributed by atoms with Crippen molar-refractivity contribution in [1.82, 2.24) is 9.88 Å². The van der Waals surface area contributed by atoms with Crippen molar-refractivity contribution in [3.05, 3.63) is 59.4 Å². The number of furan rings is 1. The van der Waals surface area contributed by atoms with Gasteiger partial charge in [0.05, 0.1) is 24.5 Å². The fraction of sp³-hybridized carbons (Fsp3) is 0.375. The number of aliphatic hydroxyl groups is 1. The van der Waals surface area contributed by atoms with Gasteiger partial charge in [-0.3, -0.25) is 15.2 Å². The number of alkyl halides is 3. The highest BCUT2D eigenvalue weighted by atomic mass is 19.4. The lowest BCUT2D eigenvalue weighted by atomic mass is 10.0. The monoisotopic (exact) mass is 510 g/mol. The molecule has 8 nitrogen and oxygen atoms in total. The predicted octanol–water partition coefficient (Wildman–Crippen LogP) is 3.87. The molecule has 1 aromatic carbocycles. The Morgan fingerprint density at radius 2 is 2.08 bits per heavy atom. The number of fused-ring (bicyclic) bond motifs is 1. The molecule has 2 aromatic heterocycles.